The van der Waals surface area contributed by atoms with E-state index < -0.39 is 34.9 Å². The number of benzene rings is 3. The summed E-state index contributed by atoms with van der Waals surface area (Å²) in [4.78, 5) is 0. The highest BCUT2D eigenvalue weighted by Crippen LogP contribution is 2.40. The number of hydrogen-bond donors (Lipinski definition) is 0. The van der Waals surface area contributed by atoms with Crippen LogP contribution >= 0.6 is 0 Å². The summed E-state index contributed by atoms with van der Waals surface area (Å²) >= 11 is 0. The predicted octanol–water partition coefficient (Wildman–Crippen LogP) is 8.53. The van der Waals surface area contributed by atoms with Gasteiger partial charge in [-0.25, -0.2) is 26.3 Å². The zero-order valence-corrected chi connectivity index (χ0v) is 18.5. The fraction of sp³-hybridized carbons (Fsp3) is 0.407. The zero-order valence-electron chi connectivity index (χ0n) is 18.5. The lowest BCUT2D eigenvalue weighted by Crippen LogP contribution is -2.14. The number of halogens is 6. The van der Waals surface area contributed by atoms with Gasteiger partial charge in [-0.2, -0.15) is 0 Å². The Labute approximate surface area is 189 Å². The highest BCUT2D eigenvalue weighted by molar-refractivity contribution is 5.85. The van der Waals surface area contributed by atoms with Gasteiger partial charge < -0.3 is 0 Å². The van der Waals surface area contributed by atoms with Crippen molar-refractivity contribution >= 4 is 10.8 Å². The van der Waals surface area contributed by atoms with Crippen LogP contribution in [0.1, 0.15) is 68.1 Å². The van der Waals surface area contributed by atoms with Gasteiger partial charge in [-0.05, 0) is 90.6 Å². The lowest BCUT2D eigenvalue weighted by molar-refractivity contribution is 0.305. The maximum atomic E-state index is 15.3. The smallest absolute Gasteiger partial charge is 0.194 e. The van der Waals surface area contributed by atoms with Crippen LogP contribution in [0.5, 0.6) is 0 Å². The minimum absolute atomic E-state index is 0.00656. The first-order chi connectivity index (χ1) is 15.8. The maximum absolute atomic E-state index is 15.3. The third-order valence-electron chi connectivity index (χ3n) is 6.94. The molecule has 0 aliphatic heterocycles. The molecule has 1 aliphatic carbocycles. The Balaban J connectivity index is 1.59. The highest BCUT2D eigenvalue weighted by Gasteiger charge is 2.26. The summed E-state index contributed by atoms with van der Waals surface area (Å²) in [5.41, 5.74) is 0.518. The highest BCUT2D eigenvalue weighted by atomic mass is 19.2. The van der Waals surface area contributed by atoms with E-state index in [4.69, 9.17) is 0 Å². The Morgan fingerprint density at radius 2 is 1.39 bits per heavy atom. The van der Waals surface area contributed by atoms with Gasteiger partial charge in [0.25, 0.3) is 0 Å². The van der Waals surface area contributed by atoms with E-state index in [-0.39, 0.29) is 40.7 Å². The van der Waals surface area contributed by atoms with E-state index in [0.29, 0.717) is 11.5 Å². The molecule has 1 fully saturated rings. The Morgan fingerprint density at radius 1 is 0.727 bits per heavy atom. The molecule has 176 valence electrons. The quantitative estimate of drug-likeness (QED) is 0.253. The minimum Gasteiger partial charge on any atom is -0.206 e. The van der Waals surface area contributed by atoms with Crippen LogP contribution in [-0.4, -0.2) is 0 Å². The van der Waals surface area contributed by atoms with Crippen LogP contribution in [-0.2, 0) is 12.8 Å². The molecule has 4 rings (SSSR count). The average Bonchev–Trinajstić information content (AvgIpc) is 2.79. The van der Waals surface area contributed by atoms with Gasteiger partial charge in [-0.15, -0.1) is 0 Å². The molecule has 3 aromatic carbocycles. The molecule has 0 radical (unpaired) electrons. The summed E-state index contributed by atoms with van der Waals surface area (Å²) in [5, 5.41) is -0.121. The van der Waals surface area contributed by atoms with E-state index in [0.717, 1.165) is 50.7 Å². The first-order valence-electron chi connectivity index (χ1n) is 11.5. The summed E-state index contributed by atoms with van der Waals surface area (Å²) in [6.07, 6.45) is 5.86. The molecule has 0 N–H and O–H groups in total. The molecule has 0 saturated heterocycles. The monoisotopic (exact) mass is 464 g/mol. The Bertz CT molecular complexity index is 1140. The van der Waals surface area contributed by atoms with Gasteiger partial charge in [0.2, 0.25) is 0 Å². The van der Waals surface area contributed by atoms with Gasteiger partial charge in [0, 0.05) is 0 Å². The number of aryl methyl sites for hydroxylation is 2. The standard InChI is InChI=1S/C27H26F6/c1-2-3-15-4-7-17(8-5-15)20-11-10-18-14-19(24(30)27(33)23(18)25(20)31)9-6-16-12-21(28)26(32)22(29)13-16/h10-15,17H,2-9H2,1H3. The number of fused-ring (bicyclic) bond motifs is 1. The molecule has 3 aromatic rings. The van der Waals surface area contributed by atoms with E-state index in [1.165, 1.54) is 6.07 Å². The van der Waals surface area contributed by atoms with Gasteiger partial charge in [-0.3, -0.25) is 0 Å². The van der Waals surface area contributed by atoms with Gasteiger partial charge in [-0.1, -0.05) is 31.9 Å². The van der Waals surface area contributed by atoms with E-state index in [1.54, 1.807) is 12.1 Å². The van der Waals surface area contributed by atoms with E-state index in [2.05, 4.69) is 6.92 Å². The largest absolute Gasteiger partial charge is 0.206 e. The topological polar surface area (TPSA) is 0 Å². The van der Waals surface area contributed by atoms with Crippen LogP contribution in [0.3, 0.4) is 0 Å². The molecule has 1 aliphatic rings. The van der Waals surface area contributed by atoms with Crippen LogP contribution < -0.4 is 0 Å². The molecule has 0 spiro atoms. The van der Waals surface area contributed by atoms with E-state index in [9.17, 15) is 22.0 Å². The van der Waals surface area contributed by atoms with Gasteiger partial charge >= 0.3 is 0 Å². The Morgan fingerprint density at radius 3 is 2.03 bits per heavy atom. The van der Waals surface area contributed by atoms with Crippen molar-refractivity contribution in [3.05, 3.63) is 81.9 Å². The maximum Gasteiger partial charge on any atom is 0.194 e. The van der Waals surface area contributed by atoms with Crippen molar-refractivity contribution in [1.82, 2.24) is 0 Å². The second-order valence-electron chi connectivity index (χ2n) is 9.11. The summed E-state index contributed by atoms with van der Waals surface area (Å²) in [5.74, 6) is -6.75. The van der Waals surface area contributed by atoms with Crippen LogP contribution in [0.25, 0.3) is 10.8 Å². The SMILES string of the molecule is CCCC1CCC(c2ccc3cc(CCc4cc(F)c(F)c(F)c4)c(F)c(F)c3c2F)CC1. The van der Waals surface area contributed by atoms with Crippen LogP contribution in [0.2, 0.25) is 0 Å². The normalized spacial score (nSPS) is 18.8. The molecule has 0 aromatic heterocycles. The fourth-order valence-corrected chi connectivity index (χ4v) is 5.15. The third kappa shape index (κ3) is 4.75. The average molecular weight is 464 g/mol. The molecular weight excluding hydrogens is 438 g/mol. The van der Waals surface area contributed by atoms with Gasteiger partial charge in [0.1, 0.15) is 5.82 Å². The molecule has 0 nitrogen and oxygen atoms in total. The molecular formula is C27H26F6. The molecule has 0 bridgehead atoms. The van der Waals surface area contributed by atoms with Gasteiger partial charge in [0.15, 0.2) is 29.1 Å². The minimum atomic E-state index is -1.58. The van der Waals surface area contributed by atoms with Crippen molar-refractivity contribution in [2.75, 3.05) is 0 Å². The van der Waals surface area contributed by atoms with Crippen molar-refractivity contribution in [1.29, 1.82) is 0 Å². The van der Waals surface area contributed by atoms with Gasteiger partial charge in [0.05, 0.1) is 5.39 Å². The predicted molar refractivity (Wildman–Crippen MR) is 117 cm³/mol. The van der Waals surface area contributed by atoms with Crippen LogP contribution in [0.4, 0.5) is 26.3 Å². The molecule has 33 heavy (non-hydrogen) atoms. The molecule has 6 heteroatoms. The summed E-state index contributed by atoms with van der Waals surface area (Å²) in [6, 6.07) is 6.29. The summed E-state index contributed by atoms with van der Waals surface area (Å²) < 4.78 is 85.0. The second-order valence-corrected chi connectivity index (χ2v) is 9.11. The summed E-state index contributed by atoms with van der Waals surface area (Å²) in [6.45, 7) is 2.15. The first-order valence-corrected chi connectivity index (χ1v) is 11.5. The molecule has 0 heterocycles. The van der Waals surface area contributed by atoms with Crippen LogP contribution in [0.15, 0.2) is 30.3 Å². The lowest BCUT2D eigenvalue weighted by Gasteiger charge is -2.29. The van der Waals surface area contributed by atoms with Crippen LogP contribution in [0, 0.1) is 40.8 Å². The summed E-state index contributed by atoms with van der Waals surface area (Å²) in [7, 11) is 0. The second kappa shape index (κ2) is 9.78. The molecule has 1 saturated carbocycles. The Hall–Kier alpha value is -2.50. The van der Waals surface area contributed by atoms with E-state index in [1.807, 2.05) is 0 Å². The van der Waals surface area contributed by atoms with Crippen molar-refractivity contribution in [2.24, 2.45) is 5.92 Å². The number of rotatable bonds is 6. The zero-order chi connectivity index (χ0) is 23.7. The molecule has 0 atom stereocenters. The fourth-order valence-electron chi connectivity index (χ4n) is 5.15. The van der Waals surface area contributed by atoms with Crippen molar-refractivity contribution in [2.45, 2.75) is 64.2 Å². The molecule has 0 amide bonds. The van der Waals surface area contributed by atoms with Crippen molar-refractivity contribution in [3.8, 4) is 0 Å². The number of hydrogen-bond acceptors (Lipinski definition) is 0. The third-order valence-corrected chi connectivity index (χ3v) is 6.94. The van der Waals surface area contributed by atoms with Crippen molar-refractivity contribution < 1.29 is 26.3 Å². The Kier molecular flexibility index (Phi) is 7.01. The van der Waals surface area contributed by atoms with Crippen molar-refractivity contribution in [3.63, 3.8) is 0 Å². The molecule has 0 unspecified atom stereocenters. The first kappa shape index (κ1) is 23.7. The van der Waals surface area contributed by atoms with E-state index >= 15 is 4.39 Å². The lowest BCUT2D eigenvalue weighted by atomic mass is 9.77.